The lowest BCUT2D eigenvalue weighted by atomic mass is 9.85. The summed E-state index contributed by atoms with van der Waals surface area (Å²) in [5.74, 6) is -0.572. The Morgan fingerprint density at radius 3 is 1.83 bits per heavy atom. The van der Waals surface area contributed by atoms with Gasteiger partial charge in [0.2, 0.25) is 0 Å². The predicted octanol–water partition coefficient (Wildman–Crippen LogP) is 2.46. The Labute approximate surface area is 140 Å². The molecule has 120 valence electrons. The van der Waals surface area contributed by atoms with E-state index in [2.05, 4.69) is 15.8 Å². The molecule has 0 aliphatic heterocycles. The maximum atomic E-state index is 12.8. The van der Waals surface area contributed by atoms with Gasteiger partial charge in [0, 0.05) is 12.4 Å². The van der Waals surface area contributed by atoms with Gasteiger partial charge in [0.1, 0.15) is 0 Å². The zero-order chi connectivity index (χ0) is 16.8. The molecule has 0 saturated heterocycles. The third kappa shape index (κ3) is 3.11. The number of anilines is 1. The number of hydrogen-bond acceptors (Lipinski definition) is 4. The van der Waals surface area contributed by atoms with E-state index in [1.54, 1.807) is 73.1 Å². The number of aliphatic hydroxyl groups is 1. The maximum Gasteiger partial charge on any atom is 0.279 e. The van der Waals surface area contributed by atoms with Crippen molar-refractivity contribution < 1.29 is 9.90 Å². The molecule has 5 heteroatoms. The molecular formula is C19H17N3O2. The van der Waals surface area contributed by atoms with Crippen LogP contribution in [0, 0.1) is 0 Å². The smallest absolute Gasteiger partial charge is 0.279 e. The SMILES string of the molecule is O=C(NNc1ccncc1)C(O)(c1ccccc1)c1ccccc1. The average molecular weight is 319 g/mol. The van der Waals surface area contributed by atoms with Crippen LogP contribution in [-0.4, -0.2) is 16.0 Å². The van der Waals surface area contributed by atoms with Crippen LogP contribution >= 0.6 is 0 Å². The number of benzene rings is 2. The highest BCUT2D eigenvalue weighted by Gasteiger charge is 2.39. The third-order valence-corrected chi connectivity index (χ3v) is 3.71. The normalized spacial score (nSPS) is 10.9. The summed E-state index contributed by atoms with van der Waals surface area (Å²) in [6.45, 7) is 0. The Bertz CT molecular complexity index is 753. The monoisotopic (exact) mass is 319 g/mol. The molecule has 1 aromatic heterocycles. The van der Waals surface area contributed by atoms with Gasteiger partial charge in [0.25, 0.3) is 5.91 Å². The zero-order valence-electron chi connectivity index (χ0n) is 12.9. The molecule has 0 spiro atoms. The molecule has 0 saturated carbocycles. The van der Waals surface area contributed by atoms with E-state index in [0.29, 0.717) is 16.8 Å². The first-order valence-corrected chi connectivity index (χ1v) is 7.51. The maximum absolute atomic E-state index is 12.8. The lowest BCUT2D eigenvalue weighted by molar-refractivity contribution is -0.136. The van der Waals surface area contributed by atoms with Crippen LogP contribution in [0.1, 0.15) is 11.1 Å². The summed E-state index contributed by atoms with van der Waals surface area (Å²) in [5.41, 5.74) is 5.21. The van der Waals surface area contributed by atoms with Gasteiger partial charge in [-0.25, -0.2) is 0 Å². The van der Waals surface area contributed by atoms with E-state index in [9.17, 15) is 9.90 Å². The number of nitrogens with one attached hydrogen (secondary N) is 2. The van der Waals surface area contributed by atoms with Crippen molar-refractivity contribution in [3.63, 3.8) is 0 Å². The van der Waals surface area contributed by atoms with Crippen molar-refractivity contribution in [1.82, 2.24) is 10.4 Å². The minimum Gasteiger partial charge on any atom is -0.372 e. The fourth-order valence-corrected chi connectivity index (χ4v) is 2.44. The minimum absolute atomic E-state index is 0.491. The number of rotatable bonds is 5. The summed E-state index contributed by atoms with van der Waals surface area (Å²) in [4.78, 5) is 16.7. The van der Waals surface area contributed by atoms with Gasteiger partial charge >= 0.3 is 0 Å². The highest BCUT2D eigenvalue weighted by molar-refractivity contribution is 5.90. The number of hydrazine groups is 1. The fraction of sp³-hybridized carbons (Fsp3) is 0.0526. The topological polar surface area (TPSA) is 74.2 Å². The van der Waals surface area contributed by atoms with E-state index in [1.165, 1.54) is 0 Å². The van der Waals surface area contributed by atoms with E-state index in [1.807, 2.05) is 12.1 Å². The van der Waals surface area contributed by atoms with Crippen LogP contribution in [0.25, 0.3) is 0 Å². The zero-order valence-corrected chi connectivity index (χ0v) is 12.9. The molecule has 0 fully saturated rings. The highest BCUT2D eigenvalue weighted by Crippen LogP contribution is 2.29. The lowest BCUT2D eigenvalue weighted by Crippen LogP contribution is -2.47. The quantitative estimate of drug-likeness (QED) is 0.632. The van der Waals surface area contributed by atoms with Crippen molar-refractivity contribution in [3.8, 4) is 0 Å². The Morgan fingerprint density at radius 1 is 0.833 bits per heavy atom. The second-order valence-corrected chi connectivity index (χ2v) is 5.26. The highest BCUT2D eigenvalue weighted by atomic mass is 16.3. The molecule has 0 aliphatic carbocycles. The average Bonchev–Trinajstić information content (AvgIpc) is 2.67. The largest absolute Gasteiger partial charge is 0.372 e. The third-order valence-electron chi connectivity index (χ3n) is 3.71. The van der Waals surface area contributed by atoms with Crippen LogP contribution in [0.5, 0.6) is 0 Å². The summed E-state index contributed by atoms with van der Waals surface area (Å²) in [5, 5.41) is 11.2. The molecule has 3 aromatic rings. The lowest BCUT2D eigenvalue weighted by Gasteiger charge is -2.28. The number of nitrogens with zero attached hydrogens (tertiary/aromatic N) is 1. The van der Waals surface area contributed by atoms with Crippen LogP contribution in [0.4, 0.5) is 5.69 Å². The first-order chi connectivity index (χ1) is 11.7. The van der Waals surface area contributed by atoms with Crippen LogP contribution < -0.4 is 10.9 Å². The van der Waals surface area contributed by atoms with Crippen molar-refractivity contribution in [2.24, 2.45) is 0 Å². The molecule has 0 aliphatic rings. The summed E-state index contributed by atoms with van der Waals surface area (Å²) >= 11 is 0. The van der Waals surface area contributed by atoms with Gasteiger partial charge in [-0.15, -0.1) is 0 Å². The van der Waals surface area contributed by atoms with Gasteiger partial charge in [0.15, 0.2) is 5.60 Å². The molecule has 0 bridgehead atoms. The molecule has 2 aromatic carbocycles. The number of amides is 1. The second-order valence-electron chi connectivity index (χ2n) is 5.26. The van der Waals surface area contributed by atoms with Gasteiger partial charge < -0.3 is 5.11 Å². The fourth-order valence-electron chi connectivity index (χ4n) is 2.44. The molecule has 3 N–H and O–H groups in total. The van der Waals surface area contributed by atoms with Crippen molar-refractivity contribution in [2.45, 2.75) is 5.60 Å². The molecule has 5 nitrogen and oxygen atoms in total. The molecule has 3 rings (SSSR count). The molecule has 0 atom stereocenters. The van der Waals surface area contributed by atoms with Crippen LogP contribution in [0.2, 0.25) is 0 Å². The van der Waals surface area contributed by atoms with E-state index in [0.717, 1.165) is 0 Å². The standard InChI is InChI=1S/C19H17N3O2/c23-18(22-21-17-11-13-20-14-12-17)19(24,15-7-3-1-4-8-15)16-9-5-2-6-10-16/h1-14,24H,(H,20,21)(H,22,23). The van der Waals surface area contributed by atoms with Crippen molar-refractivity contribution in [3.05, 3.63) is 96.3 Å². The van der Waals surface area contributed by atoms with E-state index < -0.39 is 11.5 Å². The van der Waals surface area contributed by atoms with Crippen LogP contribution in [0.3, 0.4) is 0 Å². The summed E-state index contributed by atoms with van der Waals surface area (Å²) in [7, 11) is 0. The second kappa shape index (κ2) is 6.93. The number of aromatic nitrogens is 1. The van der Waals surface area contributed by atoms with Gasteiger partial charge in [0.05, 0.1) is 5.69 Å². The molecule has 1 heterocycles. The molecule has 0 radical (unpaired) electrons. The van der Waals surface area contributed by atoms with Crippen LogP contribution in [-0.2, 0) is 10.4 Å². The minimum atomic E-state index is -1.80. The van der Waals surface area contributed by atoms with Crippen LogP contribution in [0.15, 0.2) is 85.2 Å². The predicted molar refractivity (Wildman–Crippen MR) is 91.9 cm³/mol. The Balaban J connectivity index is 1.92. The van der Waals surface area contributed by atoms with Crippen molar-refractivity contribution >= 4 is 11.6 Å². The Morgan fingerprint density at radius 2 is 1.33 bits per heavy atom. The summed E-state index contributed by atoms with van der Waals surface area (Å²) < 4.78 is 0. The molecule has 1 amide bonds. The Kier molecular flexibility index (Phi) is 4.54. The number of carbonyl (C=O) groups excluding carboxylic acids is 1. The van der Waals surface area contributed by atoms with Gasteiger partial charge in [-0.2, -0.15) is 0 Å². The van der Waals surface area contributed by atoms with Gasteiger partial charge in [-0.1, -0.05) is 60.7 Å². The number of hydrogen-bond donors (Lipinski definition) is 3. The van der Waals surface area contributed by atoms with E-state index in [-0.39, 0.29) is 0 Å². The molecule has 24 heavy (non-hydrogen) atoms. The number of pyridine rings is 1. The van der Waals surface area contributed by atoms with E-state index in [4.69, 9.17) is 0 Å². The molecule has 0 unspecified atom stereocenters. The first kappa shape index (κ1) is 15.7. The van der Waals surface area contributed by atoms with Gasteiger partial charge in [-0.05, 0) is 23.3 Å². The molecular weight excluding hydrogens is 302 g/mol. The van der Waals surface area contributed by atoms with Gasteiger partial charge in [-0.3, -0.25) is 20.6 Å². The van der Waals surface area contributed by atoms with Crippen molar-refractivity contribution in [2.75, 3.05) is 5.43 Å². The van der Waals surface area contributed by atoms with Crippen molar-refractivity contribution in [1.29, 1.82) is 0 Å². The Hall–Kier alpha value is -3.18. The summed E-state index contributed by atoms with van der Waals surface area (Å²) in [6.07, 6.45) is 3.21. The first-order valence-electron chi connectivity index (χ1n) is 7.51. The summed E-state index contributed by atoms with van der Waals surface area (Å²) in [6, 6.07) is 21.1. The number of carbonyl (C=O) groups is 1. The van der Waals surface area contributed by atoms with E-state index >= 15 is 0 Å².